The molecular formula is C26H22F2O. The number of terminal acetylenes is 1. The lowest BCUT2D eigenvalue weighted by Crippen LogP contribution is -2.10. The van der Waals surface area contributed by atoms with Gasteiger partial charge in [-0.25, -0.2) is 8.78 Å². The van der Waals surface area contributed by atoms with Crippen molar-refractivity contribution in [1.29, 1.82) is 0 Å². The summed E-state index contributed by atoms with van der Waals surface area (Å²) in [7, 11) is 0. The van der Waals surface area contributed by atoms with Gasteiger partial charge in [-0.2, -0.15) is 0 Å². The number of aryl methyl sites for hydroxylation is 1. The van der Waals surface area contributed by atoms with Crippen LogP contribution in [0, 0.1) is 24.2 Å². The number of rotatable bonds is 5. The van der Waals surface area contributed by atoms with Crippen molar-refractivity contribution in [1.82, 2.24) is 0 Å². The third-order valence-electron chi connectivity index (χ3n) is 5.62. The molecule has 0 radical (unpaired) electrons. The van der Waals surface area contributed by atoms with E-state index in [-0.39, 0.29) is 11.6 Å². The van der Waals surface area contributed by atoms with Crippen LogP contribution in [-0.4, -0.2) is 0 Å². The number of ether oxygens (including phenoxy) is 1. The molecule has 1 aliphatic rings. The molecule has 0 bridgehead atoms. The van der Waals surface area contributed by atoms with Crippen molar-refractivity contribution in [3.8, 4) is 40.5 Å². The molecule has 4 rings (SSSR count). The average Bonchev–Trinajstić information content (AvgIpc) is 2.75. The minimum Gasteiger partial charge on any atom is -0.405 e. The van der Waals surface area contributed by atoms with E-state index in [1.165, 1.54) is 11.6 Å². The first-order valence-electron chi connectivity index (χ1n) is 9.99. The number of halogens is 2. The van der Waals surface area contributed by atoms with Gasteiger partial charge in [0.25, 0.3) is 0 Å². The molecule has 0 spiro atoms. The Bertz CT molecular complexity index is 1090. The Labute approximate surface area is 170 Å². The van der Waals surface area contributed by atoms with Gasteiger partial charge >= 0.3 is 0 Å². The van der Waals surface area contributed by atoms with E-state index in [2.05, 4.69) is 19.1 Å². The molecule has 3 aromatic carbocycles. The Hall–Kier alpha value is -3.12. The zero-order valence-corrected chi connectivity index (χ0v) is 16.4. The molecule has 0 atom stereocenters. The van der Waals surface area contributed by atoms with Crippen molar-refractivity contribution in [2.75, 3.05) is 0 Å². The Morgan fingerprint density at radius 1 is 0.862 bits per heavy atom. The second-order valence-corrected chi connectivity index (χ2v) is 7.38. The van der Waals surface area contributed by atoms with Crippen LogP contribution in [0.3, 0.4) is 0 Å². The Kier molecular flexibility index (Phi) is 5.36. The van der Waals surface area contributed by atoms with E-state index in [9.17, 15) is 4.39 Å². The molecule has 1 aliphatic carbocycles. The molecule has 0 amide bonds. The van der Waals surface area contributed by atoms with E-state index in [1.807, 2.05) is 24.3 Å². The first kappa shape index (κ1) is 19.2. The van der Waals surface area contributed by atoms with Crippen LogP contribution in [0.25, 0.3) is 22.3 Å². The fourth-order valence-corrected chi connectivity index (χ4v) is 4.06. The highest BCUT2D eigenvalue weighted by Gasteiger charge is 2.25. The summed E-state index contributed by atoms with van der Waals surface area (Å²) in [6.45, 7) is 2.17. The SMILES string of the molecule is C#COc1ccc2c(c1F)CCc1c-2ccc(-c2ccc(CCCC)cc2)c1F. The van der Waals surface area contributed by atoms with Gasteiger partial charge in [0.15, 0.2) is 11.6 Å². The fraction of sp³-hybridized carbons (Fsp3) is 0.231. The van der Waals surface area contributed by atoms with Gasteiger partial charge in [-0.1, -0.05) is 62.2 Å². The third kappa shape index (κ3) is 3.51. The molecule has 1 nitrogen and oxygen atoms in total. The molecule has 0 heterocycles. The molecule has 0 saturated carbocycles. The topological polar surface area (TPSA) is 9.23 Å². The van der Waals surface area contributed by atoms with Gasteiger partial charge in [-0.3, -0.25) is 0 Å². The molecule has 3 aromatic rings. The Morgan fingerprint density at radius 3 is 2.14 bits per heavy atom. The molecule has 0 N–H and O–H groups in total. The van der Waals surface area contributed by atoms with Gasteiger partial charge in [-0.15, -0.1) is 0 Å². The zero-order valence-electron chi connectivity index (χ0n) is 16.4. The normalized spacial score (nSPS) is 12.1. The van der Waals surface area contributed by atoms with Crippen LogP contribution in [0.1, 0.15) is 36.5 Å². The lowest BCUT2D eigenvalue weighted by atomic mass is 9.83. The van der Waals surface area contributed by atoms with E-state index in [0.717, 1.165) is 30.4 Å². The number of hydrogen-bond acceptors (Lipinski definition) is 1. The lowest BCUT2D eigenvalue weighted by molar-refractivity contribution is 0.464. The summed E-state index contributed by atoms with van der Waals surface area (Å²) < 4.78 is 35.0. The van der Waals surface area contributed by atoms with Crippen LogP contribution in [0.5, 0.6) is 5.75 Å². The maximum absolute atomic E-state index is 15.4. The monoisotopic (exact) mass is 388 g/mol. The summed E-state index contributed by atoms with van der Waals surface area (Å²) in [5, 5.41) is 0. The summed E-state index contributed by atoms with van der Waals surface area (Å²) in [5.41, 5.74) is 5.31. The smallest absolute Gasteiger partial charge is 0.176 e. The van der Waals surface area contributed by atoms with E-state index in [0.29, 0.717) is 35.1 Å². The van der Waals surface area contributed by atoms with Crippen LogP contribution in [0.4, 0.5) is 8.78 Å². The first-order valence-corrected chi connectivity index (χ1v) is 9.99. The second-order valence-electron chi connectivity index (χ2n) is 7.38. The van der Waals surface area contributed by atoms with Crippen LogP contribution in [0.15, 0.2) is 48.5 Å². The minimum atomic E-state index is -0.460. The molecular weight excluding hydrogens is 366 g/mol. The van der Waals surface area contributed by atoms with Crippen molar-refractivity contribution in [2.24, 2.45) is 0 Å². The minimum absolute atomic E-state index is 0.0370. The standard InChI is InChI=1S/C26H22F2O/c1-3-5-6-17-7-9-18(10-8-17)19-11-12-20-21-15-16-24(29-4-2)26(28)23(21)14-13-22(20)25(19)27/h2,7-12,15-16H,3,5-6,13-14H2,1H3. The summed E-state index contributed by atoms with van der Waals surface area (Å²) in [5.74, 6) is -0.646. The molecule has 0 saturated heterocycles. The lowest BCUT2D eigenvalue weighted by Gasteiger charge is -2.23. The van der Waals surface area contributed by atoms with Crippen LogP contribution in [-0.2, 0) is 19.3 Å². The highest BCUT2D eigenvalue weighted by atomic mass is 19.1. The van der Waals surface area contributed by atoms with E-state index >= 15 is 4.39 Å². The Balaban J connectivity index is 1.72. The average molecular weight is 388 g/mol. The van der Waals surface area contributed by atoms with Crippen molar-refractivity contribution < 1.29 is 13.5 Å². The fourth-order valence-electron chi connectivity index (χ4n) is 4.06. The maximum Gasteiger partial charge on any atom is 0.176 e. The molecule has 146 valence electrons. The van der Waals surface area contributed by atoms with E-state index in [4.69, 9.17) is 11.2 Å². The van der Waals surface area contributed by atoms with Gasteiger partial charge < -0.3 is 4.74 Å². The summed E-state index contributed by atoms with van der Waals surface area (Å²) >= 11 is 0. The van der Waals surface area contributed by atoms with Crippen molar-refractivity contribution in [2.45, 2.75) is 39.0 Å². The van der Waals surface area contributed by atoms with Crippen LogP contribution in [0.2, 0.25) is 0 Å². The molecule has 0 aromatic heterocycles. The van der Waals surface area contributed by atoms with E-state index in [1.54, 1.807) is 12.1 Å². The molecule has 29 heavy (non-hydrogen) atoms. The Morgan fingerprint density at radius 2 is 1.48 bits per heavy atom. The summed E-state index contributed by atoms with van der Waals surface area (Å²) in [6, 6.07) is 15.0. The predicted octanol–water partition coefficient (Wildman–Crippen LogP) is 6.71. The van der Waals surface area contributed by atoms with Crippen LogP contribution >= 0.6 is 0 Å². The quantitative estimate of drug-likeness (QED) is 0.441. The number of benzene rings is 3. The van der Waals surface area contributed by atoms with Gasteiger partial charge in [0.05, 0.1) is 0 Å². The molecule has 3 heteroatoms. The molecule has 0 fully saturated rings. The zero-order chi connectivity index (χ0) is 20.4. The van der Waals surface area contributed by atoms with Gasteiger partial charge in [0.2, 0.25) is 0 Å². The number of fused-ring (bicyclic) bond motifs is 3. The van der Waals surface area contributed by atoms with Gasteiger partial charge in [0, 0.05) is 5.56 Å². The summed E-state index contributed by atoms with van der Waals surface area (Å²) in [6.07, 6.45) is 11.3. The van der Waals surface area contributed by atoms with Crippen molar-refractivity contribution in [3.63, 3.8) is 0 Å². The first-order chi connectivity index (χ1) is 14.1. The molecule has 0 aliphatic heterocycles. The number of unbranched alkanes of at least 4 members (excludes halogenated alkanes) is 1. The van der Waals surface area contributed by atoms with Crippen molar-refractivity contribution in [3.05, 3.63) is 76.9 Å². The molecule has 0 unspecified atom stereocenters. The van der Waals surface area contributed by atoms with E-state index < -0.39 is 5.82 Å². The third-order valence-corrected chi connectivity index (χ3v) is 5.62. The van der Waals surface area contributed by atoms with Gasteiger partial charge in [-0.05, 0) is 65.1 Å². The van der Waals surface area contributed by atoms with Crippen molar-refractivity contribution >= 4 is 0 Å². The second kappa shape index (κ2) is 8.09. The number of hydrogen-bond donors (Lipinski definition) is 0. The van der Waals surface area contributed by atoms with Gasteiger partial charge in [0.1, 0.15) is 11.9 Å². The highest BCUT2D eigenvalue weighted by molar-refractivity contribution is 5.78. The summed E-state index contributed by atoms with van der Waals surface area (Å²) in [4.78, 5) is 0. The largest absolute Gasteiger partial charge is 0.405 e. The van der Waals surface area contributed by atoms with Crippen LogP contribution < -0.4 is 4.74 Å². The maximum atomic E-state index is 15.4. The predicted molar refractivity (Wildman–Crippen MR) is 113 cm³/mol. The highest BCUT2D eigenvalue weighted by Crippen LogP contribution is 2.41.